The van der Waals surface area contributed by atoms with Crippen molar-refractivity contribution in [3.63, 3.8) is 0 Å². The van der Waals surface area contributed by atoms with Crippen LogP contribution >= 0.6 is 0 Å². The van der Waals surface area contributed by atoms with Crippen LogP contribution < -0.4 is 0 Å². The third kappa shape index (κ3) is 4.29. The van der Waals surface area contributed by atoms with Crippen LogP contribution in [0.2, 0.25) is 0 Å². The molecule has 1 spiro atoms. The Hall–Kier alpha value is -1.39. The maximum atomic E-state index is 12.0. The topological polar surface area (TPSA) is 26.8 Å². The summed E-state index contributed by atoms with van der Waals surface area (Å²) in [5.74, 6) is 0.354. The number of piperidine rings is 2. The highest BCUT2D eigenvalue weighted by molar-refractivity contribution is 5.77. The first kappa shape index (κ1) is 19.4. The van der Waals surface area contributed by atoms with E-state index >= 15 is 0 Å². The van der Waals surface area contributed by atoms with Crippen molar-refractivity contribution in [2.75, 3.05) is 40.3 Å². The van der Waals surface area contributed by atoms with Gasteiger partial charge in [-0.25, -0.2) is 0 Å². The molecule has 2 fully saturated rings. The highest BCUT2D eigenvalue weighted by atomic mass is 16.2. The van der Waals surface area contributed by atoms with E-state index in [9.17, 15) is 4.79 Å². The minimum absolute atomic E-state index is 0.354. The molecule has 0 radical (unpaired) electrons. The van der Waals surface area contributed by atoms with E-state index in [0.717, 1.165) is 45.6 Å². The van der Waals surface area contributed by atoms with E-state index in [1.165, 1.54) is 24.0 Å². The fourth-order valence-corrected chi connectivity index (χ4v) is 4.44. The minimum atomic E-state index is 0.354. The molecule has 1 unspecified atom stereocenters. The summed E-state index contributed by atoms with van der Waals surface area (Å²) < 4.78 is 0. The first-order chi connectivity index (χ1) is 12.4. The molecule has 0 aliphatic carbocycles. The van der Waals surface area contributed by atoms with E-state index < -0.39 is 0 Å². The second-order valence-corrected chi connectivity index (χ2v) is 8.57. The van der Waals surface area contributed by atoms with Crippen molar-refractivity contribution in [3.8, 4) is 0 Å². The molecule has 4 heteroatoms. The van der Waals surface area contributed by atoms with Crippen LogP contribution in [0.3, 0.4) is 0 Å². The summed E-state index contributed by atoms with van der Waals surface area (Å²) >= 11 is 0. The fourth-order valence-electron chi connectivity index (χ4n) is 4.44. The van der Waals surface area contributed by atoms with Crippen LogP contribution in [-0.2, 0) is 11.3 Å². The second-order valence-electron chi connectivity index (χ2n) is 8.57. The number of rotatable bonds is 5. The molecule has 0 bridgehead atoms. The van der Waals surface area contributed by atoms with Gasteiger partial charge in [0.2, 0.25) is 5.91 Å². The molecule has 1 amide bonds. The summed E-state index contributed by atoms with van der Waals surface area (Å²) in [6.45, 7) is 9.54. The number of likely N-dealkylation sites (tertiary alicyclic amines) is 2. The molecule has 1 aromatic rings. The van der Waals surface area contributed by atoms with Gasteiger partial charge in [-0.3, -0.25) is 9.69 Å². The van der Waals surface area contributed by atoms with Crippen molar-refractivity contribution in [1.82, 2.24) is 14.7 Å². The summed E-state index contributed by atoms with van der Waals surface area (Å²) in [4.78, 5) is 18.9. The molecule has 2 aliphatic rings. The largest absolute Gasteiger partial charge is 0.342 e. The van der Waals surface area contributed by atoms with Crippen molar-refractivity contribution >= 4 is 5.91 Å². The van der Waals surface area contributed by atoms with Gasteiger partial charge in [0.1, 0.15) is 0 Å². The second kappa shape index (κ2) is 8.10. The number of benzene rings is 1. The molecular weight excluding hydrogens is 322 g/mol. The van der Waals surface area contributed by atoms with Crippen LogP contribution in [-0.4, -0.2) is 60.9 Å². The Morgan fingerprint density at radius 3 is 2.35 bits per heavy atom. The Balaban J connectivity index is 1.53. The molecule has 1 aromatic carbocycles. The Morgan fingerprint density at radius 1 is 1.12 bits per heavy atom. The molecule has 26 heavy (non-hydrogen) atoms. The molecule has 1 atom stereocenters. The molecule has 0 N–H and O–H groups in total. The Labute approximate surface area is 159 Å². The van der Waals surface area contributed by atoms with Crippen molar-refractivity contribution in [1.29, 1.82) is 0 Å². The zero-order valence-electron chi connectivity index (χ0n) is 17.0. The number of hydrogen-bond donors (Lipinski definition) is 0. The molecule has 0 saturated carbocycles. The summed E-state index contributed by atoms with van der Waals surface area (Å²) in [6.07, 6.45) is 4.30. The molecule has 2 heterocycles. The third-order valence-electron chi connectivity index (χ3n) is 6.69. The lowest BCUT2D eigenvalue weighted by molar-refractivity contribution is -0.138. The van der Waals surface area contributed by atoms with Crippen LogP contribution in [0.5, 0.6) is 0 Å². The van der Waals surface area contributed by atoms with Gasteiger partial charge in [-0.15, -0.1) is 0 Å². The minimum Gasteiger partial charge on any atom is -0.342 e. The maximum absolute atomic E-state index is 12.0. The lowest BCUT2D eigenvalue weighted by Gasteiger charge is -2.47. The van der Waals surface area contributed by atoms with Gasteiger partial charge in [0.05, 0.1) is 0 Å². The van der Waals surface area contributed by atoms with Crippen LogP contribution in [0.25, 0.3) is 0 Å². The predicted octanol–water partition coefficient (Wildman–Crippen LogP) is 3.53. The Kier molecular flexibility index (Phi) is 6.03. The zero-order valence-corrected chi connectivity index (χ0v) is 17.0. The molecule has 2 saturated heterocycles. The number of hydrogen-bond acceptors (Lipinski definition) is 3. The number of nitrogens with zero attached hydrogens (tertiary/aromatic N) is 3. The first-order valence-electron chi connectivity index (χ1n) is 10.2. The third-order valence-corrected chi connectivity index (χ3v) is 6.69. The quantitative estimate of drug-likeness (QED) is 0.806. The standard InChI is InChI=1S/C22H35N3O/c1-5-25-17-22(11-10-21(25)26)12-14-24(15-13-22)16-19-6-8-20(9-7-19)18(2)23(3)4/h6-9,18H,5,10-17H2,1-4H3. The van der Waals surface area contributed by atoms with Gasteiger partial charge in [0.15, 0.2) is 0 Å². The van der Waals surface area contributed by atoms with E-state index in [-0.39, 0.29) is 0 Å². The highest BCUT2D eigenvalue weighted by Crippen LogP contribution is 2.40. The lowest BCUT2D eigenvalue weighted by Crippen LogP contribution is -2.51. The van der Waals surface area contributed by atoms with E-state index in [2.05, 4.69) is 66.9 Å². The van der Waals surface area contributed by atoms with Crippen LogP contribution in [0.1, 0.15) is 56.7 Å². The molecule has 4 nitrogen and oxygen atoms in total. The van der Waals surface area contributed by atoms with Gasteiger partial charge >= 0.3 is 0 Å². The van der Waals surface area contributed by atoms with Crippen molar-refractivity contribution in [2.24, 2.45) is 5.41 Å². The molecule has 144 valence electrons. The van der Waals surface area contributed by atoms with Crippen molar-refractivity contribution in [3.05, 3.63) is 35.4 Å². The zero-order chi connectivity index (χ0) is 18.7. The van der Waals surface area contributed by atoms with Gasteiger partial charge in [-0.05, 0) is 76.8 Å². The number of carbonyl (C=O) groups excluding carboxylic acids is 1. The maximum Gasteiger partial charge on any atom is 0.222 e. The average molecular weight is 358 g/mol. The van der Waals surface area contributed by atoms with Crippen LogP contribution in [0.15, 0.2) is 24.3 Å². The van der Waals surface area contributed by atoms with E-state index in [1.807, 2.05) is 0 Å². The predicted molar refractivity (Wildman–Crippen MR) is 107 cm³/mol. The summed E-state index contributed by atoms with van der Waals surface area (Å²) in [5.41, 5.74) is 3.17. The number of carbonyl (C=O) groups is 1. The summed E-state index contributed by atoms with van der Waals surface area (Å²) in [5, 5.41) is 0. The van der Waals surface area contributed by atoms with Gasteiger partial charge in [0, 0.05) is 32.1 Å². The smallest absolute Gasteiger partial charge is 0.222 e. The molecule has 0 aromatic heterocycles. The highest BCUT2D eigenvalue weighted by Gasteiger charge is 2.40. The van der Waals surface area contributed by atoms with Crippen molar-refractivity contribution < 1.29 is 4.79 Å². The van der Waals surface area contributed by atoms with E-state index in [1.54, 1.807) is 0 Å². The normalized spacial score (nSPS) is 22.2. The van der Waals surface area contributed by atoms with Crippen LogP contribution in [0.4, 0.5) is 0 Å². The molecule has 3 rings (SSSR count). The van der Waals surface area contributed by atoms with Crippen molar-refractivity contribution in [2.45, 2.75) is 52.1 Å². The van der Waals surface area contributed by atoms with Gasteiger partial charge in [-0.2, -0.15) is 0 Å². The average Bonchev–Trinajstić information content (AvgIpc) is 2.66. The Morgan fingerprint density at radius 2 is 1.77 bits per heavy atom. The molecule has 2 aliphatic heterocycles. The van der Waals surface area contributed by atoms with E-state index in [4.69, 9.17) is 0 Å². The lowest BCUT2D eigenvalue weighted by atomic mass is 9.72. The van der Waals surface area contributed by atoms with Gasteiger partial charge < -0.3 is 9.80 Å². The summed E-state index contributed by atoms with van der Waals surface area (Å²) in [7, 11) is 4.25. The first-order valence-corrected chi connectivity index (χ1v) is 10.2. The van der Waals surface area contributed by atoms with Gasteiger partial charge in [-0.1, -0.05) is 24.3 Å². The van der Waals surface area contributed by atoms with E-state index in [0.29, 0.717) is 17.4 Å². The Bertz CT molecular complexity index is 602. The fraction of sp³-hybridized carbons (Fsp3) is 0.682. The number of amides is 1. The van der Waals surface area contributed by atoms with Crippen LogP contribution in [0, 0.1) is 5.41 Å². The monoisotopic (exact) mass is 357 g/mol. The molecular formula is C22H35N3O. The SMILES string of the molecule is CCN1CC2(CCC1=O)CCN(Cc1ccc(C(C)N(C)C)cc1)CC2. The van der Waals surface area contributed by atoms with Gasteiger partial charge in [0.25, 0.3) is 0 Å². The summed E-state index contributed by atoms with van der Waals surface area (Å²) in [6, 6.07) is 9.58.